The number of aromatic nitrogens is 1. The van der Waals surface area contributed by atoms with Gasteiger partial charge < -0.3 is 15.0 Å². The summed E-state index contributed by atoms with van der Waals surface area (Å²) in [5.41, 5.74) is 2.61. The molecule has 1 fully saturated rings. The van der Waals surface area contributed by atoms with E-state index in [0.717, 1.165) is 29.1 Å². The third-order valence-electron chi connectivity index (χ3n) is 4.29. The largest absolute Gasteiger partial charge is 0.349 e. The predicted octanol–water partition coefficient (Wildman–Crippen LogP) is 3.25. The van der Waals surface area contributed by atoms with Crippen LogP contribution >= 0.6 is 11.3 Å². The van der Waals surface area contributed by atoms with Crippen LogP contribution in [0.25, 0.3) is 0 Å². The first-order valence-corrected chi connectivity index (χ1v) is 9.48. The zero-order valence-electron chi connectivity index (χ0n) is 14.5. The minimum absolute atomic E-state index is 0.0292. The standard InChI is InChI=1S/C19H20N4O2S/c1-13-3-4-14(18(24)22-15-5-6-15)11-16(13)23-9-2-7-21-19(23)25-12-17-20-8-10-26-17/h2-4,7-11,15,19H,5-6,12H2,1H3,(H,22,24). The molecule has 0 bridgehead atoms. The number of thiazole rings is 1. The molecule has 134 valence electrons. The van der Waals surface area contributed by atoms with Crippen LogP contribution in [-0.2, 0) is 11.3 Å². The highest BCUT2D eigenvalue weighted by atomic mass is 32.1. The van der Waals surface area contributed by atoms with Gasteiger partial charge in [0.25, 0.3) is 5.91 Å². The van der Waals surface area contributed by atoms with Gasteiger partial charge in [0.15, 0.2) is 0 Å². The van der Waals surface area contributed by atoms with Crippen LogP contribution in [0.3, 0.4) is 0 Å². The summed E-state index contributed by atoms with van der Waals surface area (Å²) < 4.78 is 5.95. The van der Waals surface area contributed by atoms with Crippen molar-refractivity contribution in [2.24, 2.45) is 4.99 Å². The Labute approximate surface area is 156 Å². The van der Waals surface area contributed by atoms with Crippen molar-refractivity contribution in [1.29, 1.82) is 0 Å². The van der Waals surface area contributed by atoms with Crippen LogP contribution < -0.4 is 10.2 Å². The zero-order valence-corrected chi connectivity index (χ0v) is 15.3. The topological polar surface area (TPSA) is 66.8 Å². The van der Waals surface area contributed by atoms with Gasteiger partial charge in [-0.3, -0.25) is 4.79 Å². The van der Waals surface area contributed by atoms with E-state index in [2.05, 4.69) is 15.3 Å². The summed E-state index contributed by atoms with van der Waals surface area (Å²) in [5.74, 6) is -0.0292. The van der Waals surface area contributed by atoms with Crippen LogP contribution in [0.1, 0.15) is 33.8 Å². The maximum atomic E-state index is 12.4. The molecule has 1 unspecified atom stereocenters. The molecule has 1 aliphatic carbocycles. The van der Waals surface area contributed by atoms with Gasteiger partial charge in [0.05, 0.1) is 0 Å². The van der Waals surface area contributed by atoms with E-state index in [0.29, 0.717) is 18.2 Å². The second kappa shape index (κ2) is 7.39. The molecule has 2 aliphatic rings. The molecule has 1 saturated carbocycles. The Morgan fingerprint density at radius 2 is 2.31 bits per heavy atom. The highest BCUT2D eigenvalue weighted by molar-refractivity contribution is 7.09. The second-order valence-corrected chi connectivity index (χ2v) is 7.34. The lowest BCUT2D eigenvalue weighted by molar-refractivity contribution is 0.0498. The molecule has 26 heavy (non-hydrogen) atoms. The average molecular weight is 368 g/mol. The Hall–Kier alpha value is -2.51. The molecule has 6 nitrogen and oxygen atoms in total. The quantitative estimate of drug-likeness (QED) is 0.850. The summed E-state index contributed by atoms with van der Waals surface area (Å²) in [6.07, 6.45) is 8.93. The van der Waals surface area contributed by atoms with Crippen molar-refractivity contribution in [2.75, 3.05) is 4.90 Å². The Bertz CT molecular complexity index is 843. The molecule has 1 amide bonds. The number of carbonyl (C=O) groups is 1. The average Bonchev–Trinajstić information content (AvgIpc) is 3.31. The van der Waals surface area contributed by atoms with E-state index in [1.807, 2.05) is 47.7 Å². The fourth-order valence-corrected chi connectivity index (χ4v) is 3.25. The number of hydrogen-bond acceptors (Lipinski definition) is 6. The Morgan fingerprint density at radius 3 is 3.08 bits per heavy atom. The number of allylic oxidation sites excluding steroid dienone is 1. The lowest BCUT2D eigenvalue weighted by atomic mass is 10.1. The lowest BCUT2D eigenvalue weighted by Crippen LogP contribution is -2.34. The van der Waals surface area contributed by atoms with Crippen molar-refractivity contribution in [3.63, 3.8) is 0 Å². The monoisotopic (exact) mass is 368 g/mol. The Morgan fingerprint density at radius 1 is 1.42 bits per heavy atom. The van der Waals surface area contributed by atoms with Crippen LogP contribution in [0.2, 0.25) is 0 Å². The van der Waals surface area contributed by atoms with E-state index < -0.39 is 6.35 Å². The first-order chi connectivity index (χ1) is 12.7. The molecule has 0 saturated heterocycles. The molecular formula is C19H20N4O2S. The molecule has 7 heteroatoms. The number of aliphatic imine (C=N–C) groups is 1. The summed E-state index contributed by atoms with van der Waals surface area (Å²) in [5, 5.41) is 5.86. The minimum Gasteiger partial charge on any atom is -0.349 e. The summed E-state index contributed by atoms with van der Waals surface area (Å²) in [4.78, 5) is 23.0. The molecule has 0 radical (unpaired) electrons. The number of ether oxygens (including phenoxy) is 1. The normalized spacial score (nSPS) is 19.0. The molecule has 2 heterocycles. The van der Waals surface area contributed by atoms with Gasteiger partial charge in [-0.05, 0) is 43.5 Å². The van der Waals surface area contributed by atoms with Crippen molar-refractivity contribution in [3.05, 3.63) is 58.2 Å². The fourth-order valence-electron chi connectivity index (χ4n) is 2.72. The summed E-state index contributed by atoms with van der Waals surface area (Å²) in [6.45, 7) is 2.41. The van der Waals surface area contributed by atoms with Crippen LogP contribution in [0, 0.1) is 6.92 Å². The molecule has 0 spiro atoms. The number of nitrogens with zero attached hydrogens (tertiary/aromatic N) is 3. The maximum absolute atomic E-state index is 12.4. The molecule has 1 aromatic carbocycles. The second-order valence-electron chi connectivity index (χ2n) is 6.36. The molecule has 1 N–H and O–H groups in total. The fraction of sp³-hybridized carbons (Fsp3) is 0.316. The first kappa shape index (κ1) is 16.9. The number of nitrogens with one attached hydrogen (secondary N) is 1. The number of rotatable bonds is 6. The summed E-state index contributed by atoms with van der Waals surface area (Å²) in [6, 6.07) is 6.05. The van der Waals surface area contributed by atoms with Crippen LogP contribution in [0.15, 0.2) is 47.0 Å². The van der Waals surface area contributed by atoms with E-state index in [-0.39, 0.29) is 5.91 Å². The summed E-state index contributed by atoms with van der Waals surface area (Å²) in [7, 11) is 0. The third-order valence-corrected chi connectivity index (χ3v) is 5.04. The van der Waals surface area contributed by atoms with Gasteiger partial charge in [-0.15, -0.1) is 11.3 Å². The third kappa shape index (κ3) is 3.84. The summed E-state index contributed by atoms with van der Waals surface area (Å²) >= 11 is 1.55. The SMILES string of the molecule is Cc1ccc(C(=O)NC2CC2)cc1N1C=CC=NC1OCc1nccs1. The van der Waals surface area contributed by atoms with Crippen molar-refractivity contribution in [1.82, 2.24) is 10.3 Å². The van der Waals surface area contributed by atoms with Gasteiger partial charge in [-0.2, -0.15) is 0 Å². The zero-order chi connectivity index (χ0) is 17.9. The number of anilines is 1. The molecule has 4 rings (SSSR count). The molecular weight excluding hydrogens is 348 g/mol. The Balaban J connectivity index is 1.54. The highest BCUT2D eigenvalue weighted by Gasteiger charge is 2.25. The predicted molar refractivity (Wildman–Crippen MR) is 102 cm³/mol. The number of benzene rings is 1. The van der Waals surface area contributed by atoms with Gasteiger partial charge in [-0.1, -0.05) is 6.07 Å². The molecule has 1 aromatic heterocycles. The van der Waals surface area contributed by atoms with Gasteiger partial charge in [0, 0.05) is 41.3 Å². The van der Waals surface area contributed by atoms with Gasteiger partial charge in [0.2, 0.25) is 6.35 Å². The van der Waals surface area contributed by atoms with Crippen molar-refractivity contribution in [2.45, 2.75) is 38.8 Å². The molecule has 1 atom stereocenters. The van der Waals surface area contributed by atoms with Crippen LogP contribution in [0.4, 0.5) is 5.69 Å². The lowest BCUT2D eigenvalue weighted by Gasteiger charge is -2.30. The number of carbonyl (C=O) groups excluding carboxylic acids is 1. The van der Waals surface area contributed by atoms with Gasteiger partial charge >= 0.3 is 0 Å². The number of amides is 1. The van der Waals surface area contributed by atoms with Crippen LogP contribution in [-0.4, -0.2) is 29.5 Å². The van der Waals surface area contributed by atoms with Gasteiger partial charge in [-0.25, -0.2) is 9.98 Å². The number of aryl methyl sites for hydroxylation is 1. The van der Waals surface area contributed by atoms with E-state index in [9.17, 15) is 4.79 Å². The smallest absolute Gasteiger partial charge is 0.251 e. The Kier molecular flexibility index (Phi) is 4.81. The van der Waals surface area contributed by atoms with Crippen molar-refractivity contribution in [3.8, 4) is 0 Å². The van der Waals surface area contributed by atoms with E-state index in [1.54, 1.807) is 23.7 Å². The molecule has 1 aliphatic heterocycles. The maximum Gasteiger partial charge on any atom is 0.251 e. The van der Waals surface area contributed by atoms with Gasteiger partial charge in [0.1, 0.15) is 11.6 Å². The van der Waals surface area contributed by atoms with E-state index in [1.165, 1.54) is 0 Å². The highest BCUT2D eigenvalue weighted by Crippen LogP contribution is 2.27. The van der Waals surface area contributed by atoms with Crippen LogP contribution in [0.5, 0.6) is 0 Å². The molecule has 2 aromatic rings. The van der Waals surface area contributed by atoms with E-state index in [4.69, 9.17) is 4.74 Å². The first-order valence-electron chi connectivity index (χ1n) is 8.60. The van der Waals surface area contributed by atoms with E-state index >= 15 is 0 Å². The minimum atomic E-state index is -0.482. The number of hydrogen-bond donors (Lipinski definition) is 1. The van der Waals surface area contributed by atoms with Crippen molar-refractivity contribution < 1.29 is 9.53 Å². The van der Waals surface area contributed by atoms with Crippen molar-refractivity contribution >= 4 is 29.1 Å².